The number of nitrogens with zero attached hydrogens (tertiary/aromatic N) is 3. The first-order valence-electron chi connectivity index (χ1n) is 6.25. The quantitative estimate of drug-likeness (QED) is 0.682. The van der Waals surface area contributed by atoms with Crippen LogP contribution in [0.3, 0.4) is 0 Å². The van der Waals surface area contributed by atoms with Crippen LogP contribution in [-0.2, 0) is 5.41 Å². The predicted molar refractivity (Wildman–Crippen MR) is 84.3 cm³/mol. The highest BCUT2D eigenvalue weighted by Crippen LogP contribution is 2.32. The minimum absolute atomic E-state index is 0.287. The van der Waals surface area contributed by atoms with Crippen LogP contribution in [0.2, 0.25) is 5.02 Å². The molecular formula is C15H13BrClN3. The monoisotopic (exact) mass is 349 g/mol. The van der Waals surface area contributed by atoms with Gasteiger partial charge in [-0.1, -0.05) is 23.7 Å². The van der Waals surface area contributed by atoms with Crippen molar-refractivity contribution in [2.45, 2.75) is 19.3 Å². The molecule has 102 valence electrons. The Morgan fingerprint density at radius 2 is 1.95 bits per heavy atom. The van der Waals surface area contributed by atoms with Crippen LogP contribution < -0.4 is 0 Å². The molecule has 0 amide bonds. The average Bonchev–Trinajstić information content (AvgIpc) is 2.82. The van der Waals surface area contributed by atoms with Crippen molar-refractivity contribution in [2.24, 2.45) is 0 Å². The first kappa shape index (κ1) is 13.6. The molecule has 3 rings (SSSR count). The molecule has 0 fully saturated rings. The number of fused-ring (bicyclic) bond motifs is 1. The third-order valence-electron chi connectivity index (χ3n) is 3.47. The molecule has 2 heterocycles. The Balaban J connectivity index is 2.20. The summed E-state index contributed by atoms with van der Waals surface area (Å²) in [5.41, 5.74) is 1.66. The molecular weight excluding hydrogens is 338 g/mol. The lowest BCUT2D eigenvalue weighted by atomic mass is 9.84. The van der Waals surface area contributed by atoms with Crippen molar-refractivity contribution < 1.29 is 0 Å². The standard InChI is InChI=1S/C15H13BrClN3/c1-15(2,10-4-3-5-12(17)8-10)14-19-18-13-7-6-11(16)9-20(13)14/h3-9H,1-2H3. The number of benzene rings is 1. The molecule has 2 aromatic heterocycles. The van der Waals surface area contributed by atoms with Crippen molar-refractivity contribution in [3.8, 4) is 0 Å². The molecule has 0 atom stereocenters. The van der Waals surface area contributed by atoms with Crippen LogP contribution in [-0.4, -0.2) is 14.6 Å². The predicted octanol–water partition coefficient (Wildman–Crippen LogP) is 4.47. The molecule has 0 aliphatic rings. The van der Waals surface area contributed by atoms with E-state index >= 15 is 0 Å². The second kappa shape index (κ2) is 4.86. The summed E-state index contributed by atoms with van der Waals surface area (Å²) in [5, 5.41) is 9.32. The summed E-state index contributed by atoms with van der Waals surface area (Å²) >= 11 is 9.59. The normalized spacial score (nSPS) is 12.0. The zero-order valence-electron chi connectivity index (χ0n) is 11.1. The van der Waals surface area contributed by atoms with Crippen LogP contribution in [0.5, 0.6) is 0 Å². The van der Waals surface area contributed by atoms with Gasteiger partial charge in [-0.25, -0.2) is 0 Å². The van der Waals surface area contributed by atoms with Gasteiger partial charge in [-0.05, 0) is 59.6 Å². The summed E-state index contributed by atoms with van der Waals surface area (Å²) < 4.78 is 3.00. The van der Waals surface area contributed by atoms with E-state index in [-0.39, 0.29) is 5.41 Å². The summed E-state index contributed by atoms with van der Waals surface area (Å²) in [6, 6.07) is 11.8. The van der Waals surface area contributed by atoms with Crippen LogP contribution >= 0.6 is 27.5 Å². The highest BCUT2D eigenvalue weighted by molar-refractivity contribution is 9.10. The highest BCUT2D eigenvalue weighted by Gasteiger charge is 2.28. The van der Waals surface area contributed by atoms with Gasteiger partial charge in [0.1, 0.15) is 5.82 Å². The fourth-order valence-corrected chi connectivity index (χ4v) is 2.82. The van der Waals surface area contributed by atoms with Gasteiger partial charge < -0.3 is 0 Å². The molecule has 0 aliphatic heterocycles. The lowest BCUT2D eigenvalue weighted by Crippen LogP contribution is -2.22. The smallest absolute Gasteiger partial charge is 0.160 e. The number of aromatic nitrogens is 3. The molecule has 0 unspecified atom stereocenters. The van der Waals surface area contributed by atoms with E-state index in [9.17, 15) is 0 Å². The zero-order chi connectivity index (χ0) is 14.3. The van der Waals surface area contributed by atoms with E-state index in [1.54, 1.807) is 0 Å². The van der Waals surface area contributed by atoms with Gasteiger partial charge in [0.25, 0.3) is 0 Å². The Kier molecular flexibility index (Phi) is 3.30. The van der Waals surface area contributed by atoms with Crippen molar-refractivity contribution in [1.82, 2.24) is 14.6 Å². The Morgan fingerprint density at radius 3 is 2.70 bits per heavy atom. The second-order valence-electron chi connectivity index (χ2n) is 5.23. The third kappa shape index (κ3) is 2.23. The summed E-state index contributed by atoms with van der Waals surface area (Å²) in [7, 11) is 0. The maximum Gasteiger partial charge on any atom is 0.160 e. The topological polar surface area (TPSA) is 30.2 Å². The Labute approximate surface area is 130 Å². The molecule has 3 aromatic rings. The van der Waals surface area contributed by atoms with Gasteiger partial charge in [-0.2, -0.15) is 0 Å². The van der Waals surface area contributed by atoms with Gasteiger partial charge in [0.2, 0.25) is 0 Å². The van der Waals surface area contributed by atoms with Crippen LogP contribution in [0.25, 0.3) is 5.65 Å². The molecule has 5 heteroatoms. The Bertz CT molecular complexity index is 780. The zero-order valence-corrected chi connectivity index (χ0v) is 13.5. The lowest BCUT2D eigenvalue weighted by Gasteiger charge is -2.23. The summed E-state index contributed by atoms with van der Waals surface area (Å²) in [5.74, 6) is 0.885. The van der Waals surface area contributed by atoms with Crippen LogP contribution in [0.1, 0.15) is 25.2 Å². The van der Waals surface area contributed by atoms with Crippen molar-refractivity contribution in [3.05, 3.63) is 63.5 Å². The molecule has 0 radical (unpaired) electrons. The largest absolute Gasteiger partial charge is 0.285 e. The van der Waals surface area contributed by atoms with Gasteiger partial charge in [0.15, 0.2) is 5.65 Å². The number of hydrogen-bond acceptors (Lipinski definition) is 2. The van der Waals surface area contributed by atoms with Crippen molar-refractivity contribution in [3.63, 3.8) is 0 Å². The highest BCUT2D eigenvalue weighted by atomic mass is 79.9. The van der Waals surface area contributed by atoms with Gasteiger partial charge >= 0.3 is 0 Å². The van der Waals surface area contributed by atoms with E-state index in [2.05, 4.69) is 46.0 Å². The maximum absolute atomic E-state index is 6.11. The fourth-order valence-electron chi connectivity index (χ4n) is 2.30. The summed E-state index contributed by atoms with van der Waals surface area (Å²) in [6.45, 7) is 4.24. The average molecular weight is 351 g/mol. The molecule has 20 heavy (non-hydrogen) atoms. The van der Waals surface area contributed by atoms with Crippen molar-refractivity contribution in [1.29, 1.82) is 0 Å². The van der Waals surface area contributed by atoms with Gasteiger partial charge in [0, 0.05) is 15.7 Å². The van der Waals surface area contributed by atoms with E-state index in [1.165, 1.54) is 0 Å². The molecule has 0 saturated heterocycles. The first-order chi connectivity index (χ1) is 9.48. The van der Waals surface area contributed by atoms with E-state index in [4.69, 9.17) is 11.6 Å². The van der Waals surface area contributed by atoms with Gasteiger partial charge in [-0.3, -0.25) is 4.40 Å². The van der Waals surface area contributed by atoms with Crippen LogP contribution in [0, 0.1) is 0 Å². The molecule has 3 nitrogen and oxygen atoms in total. The third-order valence-corrected chi connectivity index (χ3v) is 4.18. The number of halogens is 2. The second-order valence-corrected chi connectivity index (χ2v) is 6.59. The van der Waals surface area contributed by atoms with Crippen molar-refractivity contribution >= 4 is 33.2 Å². The Hall–Kier alpha value is -1.39. The van der Waals surface area contributed by atoms with Crippen LogP contribution in [0.15, 0.2) is 47.1 Å². The van der Waals surface area contributed by atoms with E-state index in [1.807, 2.05) is 40.9 Å². The fraction of sp³-hybridized carbons (Fsp3) is 0.200. The number of pyridine rings is 1. The first-order valence-corrected chi connectivity index (χ1v) is 7.42. The maximum atomic E-state index is 6.11. The summed E-state index contributed by atoms with van der Waals surface area (Å²) in [4.78, 5) is 0. The van der Waals surface area contributed by atoms with Gasteiger partial charge in [0.05, 0.1) is 5.41 Å². The van der Waals surface area contributed by atoms with Gasteiger partial charge in [-0.15, -0.1) is 10.2 Å². The molecule has 0 aliphatic carbocycles. The van der Waals surface area contributed by atoms with Crippen LogP contribution in [0.4, 0.5) is 0 Å². The number of rotatable bonds is 2. The molecule has 0 N–H and O–H groups in total. The number of hydrogen-bond donors (Lipinski definition) is 0. The minimum Gasteiger partial charge on any atom is -0.285 e. The molecule has 0 bridgehead atoms. The SMILES string of the molecule is CC(C)(c1cccc(Cl)c1)c1nnc2ccc(Br)cn12. The molecule has 0 spiro atoms. The van der Waals surface area contributed by atoms with E-state index < -0.39 is 0 Å². The summed E-state index contributed by atoms with van der Waals surface area (Å²) in [6.07, 6.45) is 1.98. The lowest BCUT2D eigenvalue weighted by molar-refractivity contribution is 0.582. The van der Waals surface area contributed by atoms with Crippen molar-refractivity contribution in [2.75, 3.05) is 0 Å². The Morgan fingerprint density at radius 1 is 1.15 bits per heavy atom. The molecule has 1 aromatic carbocycles. The van der Waals surface area contributed by atoms with E-state index in [0.717, 1.165) is 26.5 Å². The van der Waals surface area contributed by atoms with E-state index in [0.29, 0.717) is 0 Å². The minimum atomic E-state index is -0.287. The molecule has 0 saturated carbocycles.